The number of ether oxygens (including phenoxy) is 1. The highest BCUT2D eigenvalue weighted by molar-refractivity contribution is 7.89. The van der Waals surface area contributed by atoms with Gasteiger partial charge in [-0.05, 0) is 44.0 Å². The van der Waals surface area contributed by atoms with E-state index in [0.717, 1.165) is 31.1 Å². The number of hydrogen-bond donors (Lipinski definition) is 1. The summed E-state index contributed by atoms with van der Waals surface area (Å²) >= 11 is 6.18. The first kappa shape index (κ1) is 24.3. The van der Waals surface area contributed by atoms with Crippen molar-refractivity contribution in [1.82, 2.24) is 4.31 Å². The van der Waals surface area contributed by atoms with Crippen LogP contribution in [-0.2, 0) is 19.6 Å². The van der Waals surface area contributed by atoms with E-state index in [1.165, 1.54) is 22.5 Å². The molecular formula is C24H25ClN2O6S. The Morgan fingerprint density at radius 1 is 1.09 bits per heavy atom. The lowest BCUT2D eigenvalue weighted by Crippen LogP contribution is -2.32. The van der Waals surface area contributed by atoms with Crippen LogP contribution in [0.3, 0.4) is 0 Å². The number of carbonyl (C=O) groups excluding carboxylic acids is 2. The molecule has 1 amide bonds. The van der Waals surface area contributed by atoms with Gasteiger partial charge in [0.1, 0.15) is 5.58 Å². The number of sulfonamides is 1. The van der Waals surface area contributed by atoms with Crippen LogP contribution in [0.25, 0.3) is 11.0 Å². The lowest BCUT2D eigenvalue weighted by molar-refractivity contribution is -0.119. The number of fused-ring (bicyclic) bond motifs is 1. The Bertz CT molecular complexity index is 1330. The third-order valence-corrected chi connectivity index (χ3v) is 8.00. The first-order chi connectivity index (χ1) is 16.3. The smallest absolute Gasteiger partial charge is 0.375 e. The number of hydrogen-bond acceptors (Lipinski definition) is 6. The highest BCUT2D eigenvalue weighted by Gasteiger charge is 2.26. The fourth-order valence-electron chi connectivity index (χ4n) is 3.94. The molecule has 1 aliphatic heterocycles. The van der Waals surface area contributed by atoms with Crippen molar-refractivity contribution in [3.63, 3.8) is 0 Å². The van der Waals surface area contributed by atoms with Gasteiger partial charge in [-0.3, -0.25) is 4.79 Å². The van der Waals surface area contributed by atoms with Crippen LogP contribution in [0.4, 0.5) is 5.69 Å². The standard InChI is InChI=1S/C24H25ClN2O6S/c1-16-18-8-4-5-9-21(18)33-23(16)24(29)32-15-22(28)26-20-14-17(10-11-19(20)25)34(30,31)27-12-6-2-3-7-13-27/h4-5,8-11,14H,2-3,6-7,12-13,15H2,1H3,(H,26,28). The predicted octanol–water partition coefficient (Wildman–Crippen LogP) is 4.75. The Morgan fingerprint density at radius 2 is 1.79 bits per heavy atom. The number of benzene rings is 2. The molecule has 1 aromatic heterocycles. The van der Waals surface area contributed by atoms with Crippen LogP contribution in [0.2, 0.25) is 5.02 Å². The molecule has 0 bridgehead atoms. The Hall–Kier alpha value is -2.88. The zero-order chi connectivity index (χ0) is 24.3. The summed E-state index contributed by atoms with van der Waals surface area (Å²) in [6.45, 7) is 2.07. The molecule has 2 heterocycles. The molecule has 10 heteroatoms. The Kier molecular flexibility index (Phi) is 7.25. The maximum atomic E-state index is 13.1. The number of anilines is 1. The largest absolute Gasteiger partial charge is 0.450 e. The van der Waals surface area contributed by atoms with E-state index in [9.17, 15) is 18.0 Å². The van der Waals surface area contributed by atoms with E-state index in [4.69, 9.17) is 20.8 Å². The molecule has 0 unspecified atom stereocenters. The van der Waals surface area contributed by atoms with Crippen LogP contribution in [0.5, 0.6) is 0 Å². The van der Waals surface area contributed by atoms with Crippen molar-refractivity contribution in [3.8, 4) is 0 Å². The van der Waals surface area contributed by atoms with E-state index in [0.29, 0.717) is 24.2 Å². The van der Waals surface area contributed by atoms with Gasteiger partial charge in [0.2, 0.25) is 15.8 Å². The summed E-state index contributed by atoms with van der Waals surface area (Å²) in [6, 6.07) is 11.4. The molecule has 4 rings (SSSR count). The summed E-state index contributed by atoms with van der Waals surface area (Å²) in [5, 5.41) is 3.48. The highest BCUT2D eigenvalue weighted by Crippen LogP contribution is 2.28. The van der Waals surface area contributed by atoms with Gasteiger partial charge in [0.15, 0.2) is 6.61 Å². The van der Waals surface area contributed by atoms with Crippen molar-refractivity contribution in [3.05, 3.63) is 58.8 Å². The van der Waals surface area contributed by atoms with Crippen LogP contribution in [-0.4, -0.2) is 44.3 Å². The van der Waals surface area contributed by atoms with Crippen LogP contribution >= 0.6 is 11.6 Å². The van der Waals surface area contributed by atoms with Crippen LogP contribution < -0.4 is 5.32 Å². The molecule has 34 heavy (non-hydrogen) atoms. The second-order valence-corrected chi connectivity index (χ2v) is 10.5. The Morgan fingerprint density at radius 3 is 2.50 bits per heavy atom. The average molecular weight is 505 g/mol. The molecule has 0 atom stereocenters. The van der Waals surface area contributed by atoms with Gasteiger partial charge in [-0.2, -0.15) is 4.31 Å². The molecule has 1 saturated heterocycles. The number of nitrogens with one attached hydrogen (secondary N) is 1. The topological polar surface area (TPSA) is 106 Å². The molecule has 3 aromatic rings. The summed E-state index contributed by atoms with van der Waals surface area (Å²) in [5.74, 6) is -1.40. The quantitative estimate of drug-likeness (QED) is 0.485. The summed E-state index contributed by atoms with van der Waals surface area (Å²) in [4.78, 5) is 24.9. The van der Waals surface area contributed by atoms with Gasteiger partial charge in [0, 0.05) is 24.0 Å². The van der Waals surface area contributed by atoms with Crippen molar-refractivity contribution >= 4 is 50.2 Å². The van der Waals surface area contributed by atoms with E-state index < -0.39 is 28.5 Å². The monoisotopic (exact) mass is 504 g/mol. The number of halogens is 1. The van der Waals surface area contributed by atoms with Crippen molar-refractivity contribution in [2.45, 2.75) is 37.5 Å². The molecule has 8 nitrogen and oxygen atoms in total. The van der Waals surface area contributed by atoms with Crippen molar-refractivity contribution < 1.29 is 27.2 Å². The summed E-state index contributed by atoms with van der Waals surface area (Å²) in [5.41, 5.74) is 1.29. The summed E-state index contributed by atoms with van der Waals surface area (Å²) in [6.07, 6.45) is 3.62. The number of rotatable bonds is 6. The molecular weight excluding hydrogens is 480 g/mol. The van der Waals surface area contributed by atoms with Crippen molar-refractivity contribution in [2.75, 3.05) is 25.0 Å². The fraction of sp³-hybridized carbons (Fsp3) is 0.333. The van der Waals surface area contributed by atoms with Gasteiger partial charge in [0.05, 0.1) is 15.6 Å². The second kappa shape index (κ2) is 10.2. The molecule has 1 fully saturated rings. The number of furan rings is 1. The van der Waals surface area contributed by atoms with Gasteiger partial charge in [-0.1, -0.05) is 42.6 Å². The van der Waals surface area contributed by atoms with Gasteiger partial charge in [-0.25, -0.2) is 13.2 Å². The number of nitrogens with zero attached hydrogens (tertiary/aromatic N) is 1. The van der Waals surface area contributed by atoms with Gasteiger partial charge >= 0.3 is 5.97 Å². The SMILES string of the molecule is Cc1c(C(=O)OCC(=O)Nc2cc(S(=O)(=O)N3CCCCCC3)ccc2Cl)oc2ccccc12. The molecule has 0 radical (unpaired) electrons. The normalized spacial score (nSPS) is 15.1. The maximum Gasteiger partial charge on any atom is 0.375 e. The Balaban J connectivity index is 1.43. The molecule has 0 aliphatic carbocycles. The molecule has 1 aliphatic rings. The van der Waals surface area contributed by atoms with Gasteiger partial charge in [0.25, 0.3) is 5.91 Å². The summed E-state index contributed by atoms with van der Waals surface area (Å²) < 4.78 is 38.2. The van der Waals surface area contributed by atoms with Crippen molar-refractivity contribution in [2.24, 2.45) is 0 Å². The fourth-order valence-corrected chi connectivity index (χ4v) is 5.65. The first-order valence-electron chi connectivity index (χ1n) is 11.0. The van der Waals surface area contributed by atoms with Gasteiger partial charge < -0.3 is 14.5 Å². The molecule has 2 aromatic carbocycles. The Labute approximate surface area is 202 Å². The molecule has 0 saturated carbocycles. The van der Waals surface area contributed by atoms with E-state index in [1.54, 1.807) is 19.1 Å². The number of esters is 1. The predicted molar refractivity (Wildman–Crippen MR) is 129 cm³/mol. The van der Waals surface area contributed by atoms with Crippen molar-refractivity contribution in [1.29, 1.82) is 0 Å². The van der Waals surface area contributed by atoms with Crippen LogP contribution in [0, 0.1) is 6.92 Å². The minimum Gasteiger partial charge on any atom is -0.450 e. The molecule has 0 spiro atoms. The van der Waals surface area contributed by atoms with E-state index in [2.05, 4.69) is 5.32 Å². The van der Waals surface area contributed by atoms with E-state index in [-0.39, 0.29) is 21.4 Å². The molecule has 180 valence electrons. The minimum absolute atomic E-state index is 0.0255. The van der Waals surface area contributed by atoms with E-state index in [1.807, 2.05) is 12.1 Å². The zero-order valence-corrected chi connectivity index (χ0v) is 20.2. The number of amides is 1. The van der Waals surface area contributed by atoms with E-state index >= 15 is 0 Å². The first-order valence-corrected chi connectivity index (χ1v) is 12.8. The number of carbonyl (C=O) groups is 2. The minimum atomic E-state index is -3.71. The number of aryl methyl sites for hydroxylation is 1. The van der Waals surface area contributed by atoms with Crippen LogP contribution in [0.15, 0.2) is 51.8 Å². The van der Waals surface area contributed by atoms with Gasteiger partial charge in [-0.15, -0.1) is 0 Å². The lowest BCUT2D eigenvalue weighted by Gasteiger charge is -2.20. The zero-order valence-electron chi connectivity index (χ0n) is 18.7. The number of para-hydroxylation sites is 1. The lowest BCUT2D eigenvalue weighted by atomic mass is 10.1. The molecule has 1 N–H and O–H groups in total. The average Bonchev–Trinajstić information content (AvgIpc) is 2.99. The van der Waals surface area contributed by atoms with Crippen LogP contribution in [0.1, 0.15) is 41.8 Å². The third-order valence-electron chi connectivity index (χ3n) is 5.78. The third kappa shape index (κ3) is 5.11. The highest BCUT2D eigenvalue weighted by atomic mass is 35.5. The second-order valence-electron chi connectivity index (χ2n) is 8.14. The summed E-state index contributed by atoms with van der Waals surface area (Å²) in [7, 11) is -3.71. The maximum absolute atomic E-state index is 13.1.